The molecule has 1 aliphatic carbocycles. The molecule has 1 fully saturated rings. The summed E-state index contributed by atoms with van der Waals surface area (Å²) in [5, 5.41) is 12.1. The summed E-state index contributed by atoms with van der Waals surface area (Å²) in [6.45, 7) is 0. The largest absolute Gasteiger partial charge is 0.389 e. The second-order valence-corrected chi connectivity index (χ2v) is 8.06. The van der Waals surface area contributed by atoms with E-state index < -0.39 is 5.60 Å². The molecule has 140 valence electrons. The first-order valence-electron chi connectivity index (χ1n) is 9.29. The van der Waals surface area contributed by atoms with Gasteiger partial charge in [-0.25, -0.2) is 4.39 Å². The van der Waals surface area contributed by atoms with E-state index in [9.17, 15) is 9.50 Å². The summed E-state index contributed by atoms with van der Waals surface area (Å²) in [5.41, 5.74) is 0.631. The lowest BCUT2D eigenvalue weighted by molar-refractivity contribution is -0.0775. The molecule has 0 bridgehead atoms. The van der Waals surface area contributed by atoms with Crippen LogP contribution in [0.2, 0.25) is 5.02 Å². The van der Waals surface area contributed by atoms with Crippen molar-refractivity contribution < 1.29 is 9.50 Å². The Kier molecular flexibility index (Phi) is 6.01. The van der Waals surface area contributed by atoms with E-state index in [2.05, 4.69) is 17.0 Å². The maximum Gasteiger partial charge on any atom is 0.127 e. The molecule has 1 saturated carbocycles. The van der Waals surface area contributed by atoms with E-state index >= 15 is 0 Å². The number of hydrogen-bond donors (Lipinski definition) is 1. The first-order valence-corrected chi connectivity index (χ1v) is 9.67. The van der Waals surface area contributed by atoms with Crippen molar-refractivity contribution in [2.45, 2.75) is 43.7 Å². The monoisotopic (exact) mass is 375 g/mol. The van der Waals surface area contributed by atoms with Crippen LogP contribution in [-0.2, 0) is 6.42 Å². The molecule has 2 aromatic carbocycles. The highest BCUT2D eigenvalue weighted by Gasteiger charge is 2.45. The van der Waals surface area contributed by atoms with Crippen LogP contribution in [0.15, 0.2) is 48.5 Å². The molecule has 3 atom stereocenters. The number of halogens is 2. The van der Waals surface area contributed by atoms with Gasteiger partial charge in [0.2, 0.25) is 0 Å². The highest BCUT2D eigenvalue weighted by atomic mass is 35.5. The number of aliphatic hydroxyl groups is 1. The van der Waals surface area contributed by atoms with Crippen LogP contribution < -0.4 is 0 Å². The second-order valence-electron chi connectivity index (χ2n) is 7.65. The maximum atomic E-state index is 14.4. The molecule has 26 heavy (non-hydrogen) atoms. The first kappa shape index (κ1) is 19.3. The smallest absolute Gasteiger partial charge is 0.127 e. The van der Waals surface area contributed by atoms with Crippen LogP contribution in [0, 0.1) is 11.7 Å². The number of hydrogen-bond acceptors (Lipinski definition) is 2. The number of rotatable bonds is 5. The Balaban J connectivity index is 1.98. The summed E-state index contributed by atoms with van der Waals surface area (Å²) in [4.78, 5) is 2.17. The van der Waals surface area contributed by atoms with Crippen molar-refractivity contribution in [3.8, 4) is 0 Å². The lowest BCUT2D eigenvalue weighted by Crippen LogP contribution is -2.48. The van der Waals surface area contributed by atoms with Crippen molar-refractivity contribution in [3.63, 3.8) is 0 Å². The predicted octanol–water partition coefficient (Wildman–Crippen LogP) is 5.25. The molecule has 0 radical (unpaired) electrons. The highest BCUT2D eigenvalue weighted by Crippen LogP contribution is 2.45. The Morgan fingerprint density at radius 2 is 1.88 bits per heavy atom. The molecule has 0 amide bonds. The quantitative estimate of drug-likeness (QED) is 0.771. The van der Waals surface area contributed by atoms with Gasteiger partial charge in [-0.15, -0.1) is 0 Å². The van der Waals surface area contributed by atoms with Gasteiger partial charge in [0.1, 0.15) is 5.82 Å². The molecule has 2 aromatic rings. The molecule has 3 unspecified atom stereocenters. The number of benzene rings is 2. The van der Waals surface area contributed by atoms with Gasteiger partial charge in [-0.3, -0.25) is 0 Å². The van der Waals surface area contributed by atoms with Gasteiger partial charge in [-0.05, 0) is 44.6 Å². The third-order valence-corrected chi connectivity index (χ3v) is 6.04. The molecule has 0 aromatic heterocycles. The lowest BCUT2D eigenvalue weighted by Gasteiger charge is -2.46. The standard InChI is InChI=1S/C22H27ClFNO/c1-25(2)21(16-9-4-3-5-10-16)18-11-6-7-14-22(18,26)15-17-19(23)12-8-13-20(17)24/h3-5,8-10,12-13,18,21,26H,6-7,11,14-15H2,1-2H3. The van der Waals surface area contributed by atoms with Crippen LogP contribution in [-0.4, -0.2) is 29.7 Å². The highest BCUT2D eigenvalue weighted by molar-refractivity contribution is 6.31. The van der Waals surface area contributed by atoms with E-state index in [0.717, 1.165) is 19.3 Å². The molecule has 0 heterocycles. The van der Waals surface area contributed by atoms with Crippen molar-refractivity contribution in [1.82, 2.24) is 4.90 Å². The van der Waals surface area contributed by atoms with Crippen molar-refractivity contribution in [2.24, 2.45) is 5.92 Å². The summed E-state index contributed by atoms with van der Waals surface area (Å²) in [6.07, 6.45) is 3.86. The van der Waals surface area contributed by atoms with E-state index in [-0.39, 0.29) is 24.2 Å². The summed E-state index contributed by atoms with van der Waals surface area (Å²) in [5.74, 6) is -0.319. The van der Waals surface area contributed by atoms with Gasteiger partial charge in [-0.2, -0.15) is 0 Å². The molecule has 1 N–H and O–H groups in total. The van der Waals surface area contributed by atoms with Crippen LogP contribution in [0.4, 0.5) is 4.39 Å². The van der Waals surface area contributed by atoms with Crippen molar-refractivity contribution in [3.05, 3.63) is 70.5 Å². The zero-order valence-corrected chi connectivity index (χ0v) is 16.2. The minimum atomic E-state index is -0.977. The van der Waals surface area contributed by atoms with Gasteiger partial charge in [-0.1, -0.05) is 60.8 Å². The fraction of sp³-hybridized carbons (Fsp3) is 0.455. The van der Waals surface area contributed by atoms with E-state index in [1.165, 1.54) is 11.6 Å². The van der Waals surface area contributed by atoms with Crippen LogP contribution in [0.25, 0.3) is 0 Å². The van der Waals surface area contributed by atoms with E-state index in [1.807, 2.05) is 32.3 Å². The minimum absolute atomic E-state index is 0.0179. The molecular formula is C22H27ClFNO. The van der Waals surface area contributed by atoms with E-state index in [1.54, 1.807) is 12.1 Å². The van der Waals surface area contributed by atoms with Crippen molar-refractivity contribution >= 4 is 11.6 Å². The third kappa shape index (κ3) is 3.95. The molecule has 4 heteroatoms. The van der Waals surface area contributed by atoms with E-state index in [4.69, 9.17) is 11.6 Å². The second kappa shape index (κ2) is 8.08. The first-order chi connectivity index (χ1) is 12.4. The van der Waals surface area contributed by atoms with Gasteiger partial charge in [0.05, 0.1) is 5.60 Å². The zero-order chi connectivity index (χ0) is 18.7. The Bertz CT molecular complexity index is 716. The average molecular weight is 376 g/mol. The number of nitrogens with zero attached hydrogens (tertiary/aromatic N) is 1. The summed E-state index contributed by atoms with van der Waals surface area (Å²) in [6, 6.07) is 15.1. The minimum Gasteiger partial charge on any atom is -0.389 e. The van der Waals surface area contributed by atoms with Crippen molar-refractivity contribution in [1.29, 1.82) is 0 Å². The average Bonchev–Trinajstić information content (AvgIpc) is 2.61. The molecule has 3 rings (SSSR count). The van der Waals surface area contributed by atoms with E-state index in [0.29, 0.717) is 17.0 Å². The Morgan fingerprint density at radius 3 is 2.54 bits per heavy atom. The Morgan fingerprint density at radius 1 is 1.15 bits per heavy atom. The van der Waals surface area contributed by atoms with Gasteiger partial charge in [0, 0.05) is 29.0 Å². The summed E-state index contributed by atoms with van der Waals surface area (Å²) in [7, 11) is 4.09. The normalized spacial score (nSPS) is 24.6. The predicted molar refractivity (Wildman–Crippen MR) is 105 cm³/mol. The van der Waals surface area contributed by atoms with Gasteiger partial charge >= 0.3 is 0 Å². The van der Waals surface area contributed by atoms with Gasteiger partial charge in [0.15, 0.2) is 0 Å². The van der Waals surface area contributed by atoms with Gasteiger partial charge in [0.25, 0.3) is 0 Å². The summed E-state index contributed by atoms with van der Waals surface area (Å²) >= 11 is 6.26. The molecule has 1 aliphatic rings. The van der Waals surface area contributed by atoms with Crippen LogP contribution in [0.5, 0.6) is 0 Å². The van der Waals surface area contributed by atoms with Gasteiger partial charge < -0.3 is 10.0 Å². The summed E-state index contributed by atoms with van der Waals surface area (Å²) < 4.78 is 14.4. The molecular weight excluding hydrogens is 349 g/mol. The Hall–Kier alpha value is -1.42. The zero-order valence-electron chi connectivity index (χ0n) is 15.5. The van der Waals surface area contributed by atoms with Crippen LogP contribution >= 0.6 is 11.6 Å². The molecule has 2 nitrogen and oxygen atoms in total. The van der Waals surface area contributed by atoms with Crippen LogP contribution in [0.3, 0.4) is 0 Å². The van der Waals surface area contributed by atoms with Crippen molar-refractivity contribution in [2.75, 3.05) is 14.1 Å². The maximum absolute atomic E-state index is 14.4. The fourth-order valence-corrected chi connectivity index (χ4v) is 4.70. The molecule has 0 saturated heterocycles. The Labute approximate surface area is 160 Å². The lowest BCUT2D eigenvalue weighted by atomic mass is 9.67. The molecule has 0 spiro atoms. The SMILES string of the molecule is CN(C)C(c1ccccc1)C1CCCCC1(O)Cc1c(F)cccc1Cl. The molecule has 0 aliphatic heterocycles. The fourth-order valence-electron chi connectivity index (χ4n) is 4.47. The topological polar surface area (TPSA) is 23.5 Å². The van der Waals surface area contributed by atoms with Crippen LogP contribution in [0.1, 0.15) is 42.9 Å². The third-order valence-electron chi connectivity index (χ3n) is 5.69.